The molecule has 0 radical (unpaired) electrons. The Morgan fingerprint density at radius 3 is 2.39 bits per heavy atom. The number of nitrogens with one attached hydrogen (secondary N) is 2. The van der Waals surface area contributed by atoms with E-state index in [9.17, 15) is 14.4 Å². The Hall–Kier alpha value is -2.22. The second-order valence-corrected chi connectivity index (χ2v) is 8.35. The number of alkyl carbamates (subject to hydrolysis) is 2. The SMILES string of the molecule is CCSC(=O)[C@H](CCCNC(=O)OCc1ccccc1)NC(=O)OC(C)(C)C. The molecule has 8 heteroatoms. The summed E-state index contributed by atoms with van der Waals surface area (Å²) < 4.78 is 10.3. The topological polar surface area (TPSA) is 93.7 Å². The number of hydrogen-bond acceptors (Lipinski definition) is 6. The standard InChI is InChI=1S/C20H30N2O5S/c1-5-28-17(23)16(22-19(25)27-20(2,3)4)12-9-13-21-18(24)26-14-15-10-7-6-8-11-15/h6-8,10-11,16H,5,9,12-14H2,1-4H3,(H,21,24)(H,22,25)/t16-/m0/s1. The van der Waals surface area contributed by atoms with E-state index in [-0.39, 0.29) is 11.7 Å². The number of rotatable bonds is 9. The van der Waals surface area contributed by atoms with Gasteiger partial charge in [0, 0.05) is 6.54 Å². The van der Waals surface area contributed by atoms with Crippen LogP contribution in [0.2, 0.25) is 0 Å². The largest absolute Gasteiger partial charge is 0.445 e. The van der Waals surface area contributed by atoms with Crippen LogP contribution in [0, 0.1) is 0 Å². The first kappa shape index (κ1) is 23.8. The molecule has 1 rings (SSSR count). The van der Waals surface area contributed by atoms with Crippen molar-refractivity contribution >= 4 is 29.1 Å². The summed E-state index contributed by atoms with van der Waals surface area (Å²) in [5.41, 5.74) is 0.265. The number of amides is 2. The van der Waals surface area contributed by atoms with E-state index in [1.165, 1.54) is 0 Å². The molecule has 0 aliphatic heterocycles. The average Bonchev–Trinajstić information content (AvgIpc) is 2.62. The normalized spacial score (nSPS) is 12.0. The first-order chi connectivity index (χ1) is 13.2. The molecule has 1 aromatic carbocycles. The third-order valence-corrected chi connectivity index (χ3v) is 4.27. The number of carbonyl (C=O) groups excluding carboxylic acids is 3. The summed E-state index contributed by atoms with van der Waals surface area (Å²) in [6.07, 6.45) is -0.242. The Labute approximate surface area is 170 Å². The summed E-state index contributed by atoms with van der Waals surface area (Å²) in [7, 11) is 0. The van der Waals surface area contributed by atoms with E-state index < -0.39 is 23.8 Å². The summed E-state index contributed by atoms with van der Waals surface area (Å²) >= 11 is 1.15. The van der Waals surface area contributed by atoms with E-state index in [0.29, 0.717) is 25.1 Å². The fourth-order valence-electron chi connectivity index (χ4n) is 2.21. The maximum absolute atomic E-state index is 12.2. The molecule has 2 amide bonds. The van der Waals surface area contributed by atoms with Gasteiger partial charge in [0.15, 0.2) is 0 Å². The van der Waals surface area contributed by atoms with Gasteiger partial charge in [-0.3, -0.25) is 4.79 Å². The van der Waals surface area contributed by atoms with Crippen LogP contribution in [0.4, 0.5) is 9.59 Å². The van der Waals surface area contributed by atoms with Crippen molar-refractivity contribution in [2.24, 2.45) is 0 Å². The lowest BCUT2D eigenvalue weighted by Gasteiger charge is -2.23. The van der Waals surface area contributed by atoms with Gasteiger partial charge in [0.05, 0.1) is 0 Å². The lowest BCUT2D eigenvalue weighted by molar-refractivity contribution is -0.113. The van der Waals surface area contributed by atoms with Gasteiger partial charge < -0.3 is 20.1 Å². The summed E-state index contributed by atoms with van der Waals surface area (Å²) in [5, 5.41) is 5.14. The number of benzene rings is 1. The molecule has 2 N–H and O–H groups in total. The highest BCUT2D eigenvalue weighted by molar-refractivity contribution is 8.13. The molecule has 0 bridgehead atoms. The number of ether oxygens (including phenoxy) is 2. The zero-order valence-corrected chi connectivity index (χ0v) is 17.8. The predicted molar refractivity (Wildman–Crippen MR) is 110 cm³/mol. The highest BCUT2D eigenvalue weighted by Gasteiger charge is 2.24. The van der Waals surface area contributed by atoms with Crippen molar-refractivity contribution in [1.82, 2.24) is 10.6 Å². The van der Waals surface area contributed by atoms with Gasteiger partial charge >= 0.3 is 12.2 Å². The summed E-state index contributed by atoms with van der Waals surface area (Å²) in [4.78, 5) is 35.9. The van der Waals surface area contributed by atoms with Crippen LogP contribution in [0.15, 0.2) is 30.3 Å². The first-order valence-corrected chi connectivity index (χ1v) is 10.3. The Kier molecular flexibility index (Phi) is 10.4. The van der Waals surface area contributed by atoms with Crippen molar-refractivity contribution < 1.29 is 23.9 Å². The van der Waals surface area contributed by atoms with Crippen LogP contribution in [0.1, 0.15) is 46.1 Å². The van der Waals surface area contributed by atoms with Gasteiger partial charge in [0.25, 0.3) is 0 Å². The Bertz CT molecular complexity index is 631. The van der Waals surface area contributed by atoms with Crippen LogP contribution >= 0.6 is 11.8 Å². The third kappa shape index (κ3) is 10.8. The first-order valence-electron chi connectivity index (χ1n) is 9.32. The lowest BCUT2D eigenvalue weighted by atomic mass is 10.1. The molecule has 0 aromatic heterocycles. The molecule has 7 nitrogen and oxygen atoms in total. The summed E-state index contributed by atoms with van der Waals surface area (Å²) in [6, 6.07) is 8.72. The lowest BCUT2D eigenvalue weighted by Crippen LogP contribution is -2.43. The van der Waals surface area contributed by atoms with Crippen LogP contribution in [0.5, 0.6) is 0 Å². The second kappa shape index (κ2) is 12.3. The van der Waals surface area contributed by atoms with E-state index in [2.05, 4.69) is 10.6 Å². The molecule has 0 saturated heterocycles. The molecule has 0 aliphatic rings. The maximum atomic E-state index is 12.2. The second-order valence-electron chi connectivity index (χ2n) is 7.08. The average molecular weight is 411 g/mol. The molecule has 1 atom stereocenters. The molecule has 0 unspecified atom stereocenters. The van der Waals surface area contributed by atoms with E-state index >= 15 is 0 Å². The van der Waals surface area contributed by atoms with Crippen molar-refractivity contribution in [3.8, 4) is 0 Å². The zero-order chi connectivity index (χ0) is 21.0. The van der Waals surface area contributed by atoms with Crippen molar-refractivity contribution in [2.45, 2.75) is 58.8 Å². The van der Waals surface area contributed by atoms with Gasteiger partial charge in [-0.15, -0.1) is 0 Å². The van der Waals surface area contributed by atoms with E-state index in [4.69, 9.17) is 9.47 Å². The zero-order valence-electron chi connectivity index (χ0n) is 16.9. The fourth-order valence-corrected chi connectivity index (χ4v) is 2.87. The highest BCUT2D eigenvalue weighted by Crippen LogP contribution is 2.12. The van der Waals surface area contributed by atoms with E-state index in [1.807, 2.05) is 37.3 Å². The number of hydrogen-bond donors (Lipinski definition) is 2. The molecule has 1 aromatic rings. The van der Waals surface area contributed by atoms with Crippen LogP contribution in [0.3, 0.4) is 0 Å². The van der Waals surface area contributed by atoms with Gasteiger partial charge in [-0.05, 0) is 44.9 Å². The van der Waals surface area contributed by atoms with Crippen LogP contribution in [0.25, 0.3) is 0 Å². The molecule has 0 saturated carbocycles. The molecule has 28 heavy (non-hydrogen) atoms. The fraction of sp³-hybridized carbons (Fsp3) is 0.550. The molecular formula is C20H30N2O5S. The van der Waals surface area contributed by atoms with Crippen LogP contribution < -0.4 is 10.6 Å². The molecule has 156 valence electrons. The van der Waals surface area contributed by atoms with Crippen molar-refractivity contribution in [2.75, 3.05) is 12.3 Å². The highest BCUT2D eigenvalue weighted by atomic mass is 32.2. The van der Waals surface area contributed by atoms with Gasteiger partial charge in [-0.25, -0.2) is 9.59 Å². The van der Waals surface area contributed by atoms with Gasteiger partial charge in [-0.2, -0.15) is 0 Å². The van der Waals surface area contributed by atoms with Crippen molar-refractivity contribution in [3.05, 3.63) is 35.9 Å². The molecular weight excluding hydrogens is 380 g/mol. The van der Waals surface area contributed by atoms with Gasteiger partial charge in [0.1, 0.15) is 18.2 Å². The minimum atomic E-state index is -0.665. The monoisotopic (exact) mass is 410 g/mol. The summed E-state index contributed by atoms with van der Waals surface area (Å²) in [5.74, 6) is 0.620. The number of carbonyl (C=O) groups is 3. The Morgan fingerprint density at radius 2 is 1.79 bits per heavy atom. The molecule has 0 spiro atoms. The molecule has 0 heterocycles. The van der Waals surface area contributed by atoms with Crippen LogP contribution in [-0.2, 0) is 20.9 Å². The van der Waals surface area contributed by atoms with Crippen LogP contribution in [-0.4, -0.2) is 41.2 Å². The predicted octanol–water partition coefficient (Wildman–Crippen LogP) is 3.87. The van der Waals surface area contributed by atoms with E-state index in [1.54, 1.807) is 20.8 Å². The van der Waals surface area contributed by atoms with Gasteiger partial charge in [0.2, 0.25) is 5.12 Å². The Balaban J connectivity index is 2.37. The van der Waals surface area contributed by atoms with Crippen molar-refractivity contribution in [3.63, 3.8) is 0 Å². The van der Waals surface area contributed by atoms with E-state index in [0.717, 1.165) is 17.3 Å². The minimum absolute atomic E-state index is 0.125. The quantitative estimate of drug-likeness (QED) is 0.600. The Morgan fingerprint density at radius 1 is 1.11 bits per heavy atom. The molecule has 0 aliphatic carbocycles. The van der Waals surface area contributed by atoms with Crippen molar-refractivity contribution in [1.29, 1.82) is 0 Å². The minimum Gasteiger partial charge on any atom is -0.445 e. The third-order valence-electron chi connectivity index (χ3n) is 3.41. The molecule has 0 fully saturated rings. The summed E-state index contributed by atoms with van der Waals surface area (Å²) in [6.45, 7) is 7.68. The maximum Gasteiger partial charge on any atom is 0.408 e. The smallest absolute Gasteiger partial charge is 0.408 e. The number of thioether (sulfide) groups is 1. The van der Waals surface area contributed by atoms with Gasteiger partial charge in [-0.1, -0.05) is 49.0 Å².